The topological polar surface area (TPSA) is 89.7 Å². The van der Waals surface area contributed by atoms with Gasteiger partial charge in [-0.2, -0.15) is 0 Å². The van der Waals surface area contributed by atoms with E-state index in [1.54, 1.807) is 0 Å². The Kier molecular flexibility index (Phi) is 9.67. The highest BCUT2D eigenvalue weighted by Crippen LogP contribution is 2.32. The predicted molar refractivity (Wildman–Crippen MR) is 173 cm³/mol. The molecule has 8 nitrogen and oxygen atoms in total. The minimum atomic E-state index is -0.814. The number of amides is 3. The van der Waals surface area contributed by atoms with Crippen molar-refractivity contribution < 1.29 is 14.3 Å². The number of piperidine rings is 1. The minimum absolute atomic E-state index is 0.218. The molecular formula is C35H43N5O3. The molecule has 2 atom stereocenters. The van der Waals surface area contributed by atoms with Crippen LogP contribution in [0.3, 0.4) is 0 Å². The Morgan fingerprint density at radius 3 is 2.47 bits per heavy atom. The molecule has 0 aliphatic carbocycles. The van der Waals surface area contributed by atoms with Crippen molar-refractivity contribution in [3.05, 3.63) is 95.7 Å². The number of aromatic amines is 1. The summed E-state index contributed by atoms with van der Waals surface area (Å²) in [6, 6.07) is 23.3. The van der Waals surface area contributed by atoms with Crippen LogP contribution >= 0.6 is 0 Å². The van der Waals surface area contributed by atoms with Crippen molar-refractivity contribution >= 4 is 28.5 Å². The number of benzene rings is 3. The van der Waals surface area contributed by atoms with Crippen molar-refractivity contribution in [1.29, 1.82) is 0 Å². The second kappa shape index (κ2) is 13.8. The molecular weight excluding hydrogens is 538 g/mol. The van der Waals surface area contributed by atoms with E-state index in [1.165, 1.54) is 5.56 Å². The van der Waals surface area contributed by atoms with Gasteiger partial charge in [0.15, 0.2) is 0 Å². The second-order valence-corrected chi connectivity index (χ2v) is 11.7. The number of fused-ring (bicyclic) bond motifs is 1. The number of hydrogen-bond acceptors (Lipinski definition) is 4. The zero-order chi connectivity index (χ0) is 30.3. The molecule has 1 aliphatic rings. The monoisotopic (exact) mass is 581 g/mol. The molecule has 3 N–H and O–H groups in total. The average molecular weight is 582 g/mol. The van der Waals surface area contributed by atoms with Crippen molar-refractivity contribution in [3.8, 4) is 5.75 Å². The van der Waals surface area contributed by atoms with Crippen LogP contribution in [0.25, 0.3) is 10.9 Å². The number of anilines is 1. The number of hydrogen-bond donors (Lipinski definition) is 3. The van der Waals surface area contributed by atoms with Crippen LogP contribution in [-0.2, 0) is 11.3 Å². The van der Waals surface area contributed by atoms with Gasteiger partial charge < -0.3 is 30.2 Å². The molecule has 0 bridgehead atoms. The Morgan fingerprint density at radius 2 is 1.74 bits per heavy atom. The van der Waals surface area contributed by atoms with Gasteiger partial charge in [-0.05, 0) is 74.7 Å². The highest BCUT2D eigenvalue weighted by Gasteiger charge is 2.33. The molecule has 1 aromatic heterocycles. The summed E-state index contributed by atoms with van der Waals surface area (Å²) in [5.41, 5.74) is 4.93. The number of nitrogens with zero attached hydrogens (tertiary/aromatic N) is 2. The van der Waals surface area contributed by atoms with Crippen LogP contribution in [0.1, 0.15) is 55.2 Å². The van der Waals surface area contributed by atoms with Gasteiger partial charge in [0.05, 0.1) is 12.3 Å². The van der Waals surface area contributed by atoms with Gasteiger partial charge in [0, 0.05) is 42.7 Å². The first-order valence-corrected chi connectivity index (χ1v) is 15.2. The van der Waals surface area contributed by atoms with Gasteiger partial charge in [0.1, 0.15) is 11.8 Å². The van der Waals surface area contributed by atoms with E-state index in [1.807, 2.05) is 87.6 Å². The van der Waals surface area contributed by atoms with E-state index in [2.05, 4.69) is 44.8 Å². The van der Waals surface area contributed by atoms with E-state index >= 15 is 0 Å². The maximum absolute atomic E-state index is 14.1. The summed E-state index contributed by atoms with van der Waals surface area (Å²) in [6.07, 6.45) is 3.72. The van der Waals surface area contributed by atoms with Gasteiger partial charge in [-0.1, -0.05) is 61.5 Å². The maximum atomic E-state index is 14.1. The Balaban J connectivity index is 1.38. The fraction of sp³-hybridized carbons (Fsp3) is 0.371. The summed E-state index contributed by atoms with van der Waals surface area (Å²) < 4.78 is 5.86. The van der Waals surface area contributed by atoms with Crippen LogP contribution in [0, 0.1) is 0 Å². The quantitative estimate of drug-likeness (QED) is 0.204. The van der Waals surface area contributed by atoms with Crippen molar-refractivity contribution in [1.82, 2.24) is 20.1 Å². The van der Waals surface area contributed by atoms with Gasteiger partial charge in [0.25, 0.3) is 0 Å². The molecule has 43 heavy (non-hydrogen) atoms. The normalized spacial score (nSPS) is 15.3. The first-order valence-electron chi connectivity index (χ1n) is 15.2. The van der Waals surface area contributed by atoms with Gasteiger partial charge in [-0.15, -0.1) is 0 Å². The first kappa shape index (κ1) is 30.2. The summed E-state index contributed by atoms with van der Waals surface area (Å²) in [5.74, 6) is 0.447. The zero-order valence-corrected chi connectivity index (χ0v) is 25.6. The van der Waals surface area contributed by atoms with E-state index < -0.39 is 6.04 Å². The molecule has 0 radical (unpaired) electrons. The van der Waals surface area contributed by atoms with E-state index in [0.29, 0.717) is 37.1 Å². The number of nitrogens with one attached hydrogen (secondary N) is 3. The molecule has 1 saturated heterocycles. The number of H-pyrrole nitrogens is 1. The number of aromatic nitrogens is 1. The summed E-state index contributed by atoms with van der Waals surface area (Å²) in [6.45, 7) is 6.39. The van der Waals surface area contributed by atoms with Gasteiger partial charge in [-0.3, -0.25) is 4.79 Å². The van der Waals surface area contributed by atoms with E-state index in [0.717, 1.165) is 41.4 Å². The fourth-order valence-electron chi connectivity index (χ4n) is 6.06. The van der Waals surface area contributed by atoms with Crippen LogP contribution in [0.5, 0.6) is 5.75 Å². The standard InChI is InChI=1S/C35H43N5O3/c1-5-43-32-16-15-25(23-39(3)4)21-31(32)37-34(41)33(24(2)29-22-36-30-14-10-9-13-28(29)30)38-35(42)40-19-17-27(18-20-40)26-11-7-6-8-12-26/h6-16,21-22,24,27,33,36H,5,17-20,23H2,1-4H3,(H,37,41)(H,38,42)/t24-,33-/m0/s1. The Bertz CT molecular complexity index is 1530. The molecule has 1 aliphatic heterocycles. The predicted octanol–water partition coefficient (Wildman–Crippen LogP) is 6.33. The average Bonchev–Trinajstić information content (AvgIpc) is 3.45. The number of para-hydroxylation sites is 1. The first-order chi connectivity index (χ1) is 20.8. The molecule has 4 aromatic rings. The van der Waals surface area contributed by atoms with Gasteiger partial charge in [0.2, 0.25) is 5.91 Å². The van der Waals surface area contributed by atoms with Gasteiger partial charge in [-0.25, -0.2) is 4.79 Å². The zero-order valence-electron chi connectivity index (χ0n) is 25.6. The van der Waals surface area contributed by atoms with Crippen molar-refractivity contribution in [2.24, 2.45) is 0 Å². The molecule has 1 fully saturated rings. The smallest absolute Gasteiger partial charge is 0.318 e. The maximum Gasteiger partial charge on any atom is 0.318 e. The van der Waals surface area contributed by atoms with Crippen LogP contribution in [0.4, 0.5) is 10.5 Å². The molecule has 8 heteroatoms. The largest absolute Gasteiger partial charge is 0.492 e. The molecule has 0 spiro atoms. The molecule has 2 heterocycles. The van der Waals surface area contributed by atoms with E-state index in [-0.39, 0.29) is 17.9 Å². The molecule has 5 rings (SSSR count). The third-order valence-corrected chi connectivity index (χ3v) is 8.33. The van der Waals surface area contributed by atoms with Gasteiger partial charge >= 0.3 is 6.03 Å². The van der Waals surface area contributed by atoms with Crippen LogP contribution in [0.2, 0.25) is 0 Å². The van der Waals surface area contributed by atoms with Crippen molar-refractivity contribution in [2.45, 2.75) is 51.1 Å². The van der Waals surface area contributed by atoms with Crippen LogP contribution in [-0.4, -0.2) is 66.6 Å². The summed E-state index contributed by atoms with van der Waals surface area (Å²) in [5, 5.41) is 7.27. The lowest BCUT2D eigenvalue weighted by atomic mass is 9.89. The minimum Gasteiger partial charge on any atom is -0.492 e. The number of urea groups is 1. The second-order valence-electron chi connectivity index (χ2n) is 11.7. The third-order valence-electron chi connectivity index (χ3n) is 8.33. The summed E-state index contributed by atoms with van der Waals surface area (Å²) >= 11 is 0. The molecule has 0 unspecified atom stereocenters. The van der Waals surface area contributed by atoms with E-state index in [9.17, 15) is 9.59 Å². The van der Waals surface area contributed by atoms with Crippen molar-refractivity contribution in [3.63, 3.8) is 0 Å². The highest BCUT2D eigenvalue weighted by atomic mass is 16.5. The molecule has 0 saturated carbocycles. The lowest BCUT2D eigenvalue weighted by molar-refractivity contribution is -0.118. The van der Waals surface area contributed by atoms with Crippen LogP contribution < -0.4 is 15.4 Å². The number of carbonyl (C=O) groups excluding carboxylic acids is 2. The Hall–Kier alpha value is -4.30. The number of carbonyl (C=O) groups is 2. The summed E-state index contributed by atoms with van der Waals surface area (Å²) in [7, 11) is 4.01. The highest BCUT2D eigenvalue weighted by molar-refractivity contribution is 5.99. The Labute approximate surface area is 254 Å². The van der Waals surface area contributed by atoms with Crippen molar-refractivity contribution in [2.75, 3.05) is 39.1 Å². The fourth-order valence-corrected chi connectivity index (χ4v) is 6.06. The lowest BCUT2D eigenvalue weighted by Gasteiger charge is -2.34. The lowest BCUT2D eigenvalue weighted by Crippen LogP contribution is -2.53. The third kappa shape index (κ3) is 7.20. The number of ether oxygens (including phenoxy) is 1. The molecule has 3 amide bonds. The van der Waals surface area contributed by atoms with E-state index in [4.69, 9.17) is 4.74 Å². The molecule has 3 aromatic carbocycles. The number of likely N-dealkylation sites (tertiary alicyclic amines) is 1. The van der Waals surface area contributed by atoms with Crippen LogP contribution in [0.15, 0.2) is 79.0 Å². The molecule has 226 valence electrons. The summed E-state index contributed by atoms with van der Waals surface area (Å²) in [4.78, 5) is 35.0. The number of rotatable bonds is 10. The Morgan fingerprint density at radius 1 is 1.02 bits per heavy atom. The SMILES string of the molecule is CCOc1ccc(CN(C)C)cc1NC(=O)[C@@H](NC(=O)N1CCC(c2ccccc2)CC1)[C@@H](C)c1c[nH]c2ccccc12.